The van der Waals surface area contributed by atoms with Crippen LogP contribution >= 0.6 is 11.8 Å². The summed E-state index contributed by atoms with van der Waals surface area (Å²) in [6, 6.07) is 0.719. The van der Waals surface area contributed by atoms with E-state index in [9.17, 15) is 9.59 Å². The Morgan fingerprint density at radius 2 is 2.35 bits per heavy atom. The second kappa shape index (κ2) is 4.40. The lowest BCUT2D eigenvalue weighted by atomic mass is 10.2. The number of hydrogen-bond donors (Lipinski definition) is 1. The highest BCUT2D eigenvalue weighted by molar-refractivity contribution is 8.00. The first-order valence-electron chi connectivity index (χ1n) is 5.11. The van der Waals surface area contributed by atoms with Crippen LogP contribution in [0, 0.1) is 6.92 Å². The summed E-state index contributed by atoms with van der Waals surface area (Å²) in [5.74, 6) is -0.457. The molecule has 1 fully saturated rings. The van der Waals surface area contributed by atoms with Crippen LogP contribution in [0.25, 0.3) is 0 Å². The Morgan fingerprint density at radius 3 is 2.88 bits per heavy atom. The van der Waals surface area contributed by atoms with E-state index in [-0.39, 0.29) is 11.1 Å². The predicted molar refractivity (Wildman–Crippen MR) is 60.8 cm³/mol. The van der Waals surface area contributed by atoms with Crippen molar-refractivity contribution in [1.82, 2.24) is 10.1 Å². The number of aliphatic carboxylic acids is 1. The summed E-state index contributed by atoms with van der Waals surface area (Å²) in [6.45, 7) is 3.49. The van der Waals surface area contributed by atoms with E-state index in [1.807, 2.05) is 0 Å². The Hall–Kier alpha value is -1.50. The van der Waals surface area contributed by atoms with Gasteiger partial charge < -0.3 is 14.5 Å². The number of amides is 1. The summed E-state index contributed by atoms with van der Waals surface area (Å²) >= 11 is 1.44. The SMILES string of the molecule is Cc1cc(C(=O)N2C(C)SCC2C(=O)O)no1. The highest BCUT2D eigenvalue weighted by Crippen LogP contribution is 2.30. The maximum absolute atomic E-state index is 12.1. The van der Waals surface area contributed by atoms with Crippen LogP contribution in [0.5, 0.6) is 0 Å². The first-order chi connectivity index (χ1) is 8.00. The van der Waals surface area contributed by atoms with Gasteiger partial charge in [0.05, 0.1) is 5.37 Å². The summed E-state index contributed by atoms with van der Waals surface area (Å²) in [6.07, 6.45) is 0. The van der Waals surface area contributed by atoms with E-state index < -0.39 is 17.9 Å². The Labute approximate surface area is 102 Å². The van der Waals surface area contributed by atoms with E-state index in [1.54, 1.807) is 13.8 Å². The predicted octanol–water partition coefficient (Wildman–Crippen LogP) is 0.971. The van der Waals surface area contributed by atoms with E-state index in [4.69, 9.17) is 9.63 Å². The van der Waals surface area contributed by atoms with Crippen molar-refractivity contribution < 1.29 is 19.2 Å². The van der Waals surface area contributed by atoms with Gasteiger partial charge in [-0.3, -0.25) is 4.79 Å². The smallest absolute Gasteiger partial charge is 0.327 e. The zero-order valence-corrected chi connectivity index (χ0v) is 10.2. The Morgan fingerprint density at radius 1 is 1.65 bits per heavy atom. The zero-order chi connectivity index (χ0) is 12.6. The van der Waals surface area contributed by atoms with Gasteiger partial charge in [0.2, 0.25) is 0 Å². The van der Waals surface area contributed by atoms with E-state index in [0.29, 0.717) is 11.5 Å². The number of carboxylic acid groups (broad SMARTS) is 1. The third-order valence-electron chi connectivity index (χ3n) is 2.59. The lowest BCUT2D eigenvalue weighted by molar-refractivity contribution is -0.141. The lowest BCUT2D eigenvalue weighted by Crippen LogP contribution is -2.44. The molecule has 6 nitrogen and oxygen atoms in total. The minimum Gasteiger partial charge on any atom is -0.480 e. The molecule has 0 bridgehead atoms. The molecule has 7 heteroatoms. The minimum absolute atomic E-state index is 0.156. The standard InChI is InChI=1S/C10H12N2O4S/c1-5-3-7(11-16-5)9(13)12-6(2)17-4-8(12)10(14)15/h3,6,8H,4H2,1-2H3,(H,14,15). The van der Waals surface area contributed by atoms with Crippen molar-refractivity contribution in [2.75, 3.05) is 5.75 Å². The fraction of sp³-hybridized carbons (Fsp3) is 0.500. The third kappa shape index (κ3) is 2.14. The molecule has 0 spiro atoms. The number of hydrogen-bond acceptors (Lipinski definition) is 5. The number of aryl methyl sites for hydroxylation is 1. The molecular formula is C10H12N2O4S. The van der Waals surface area contributed by atoms with E-state index in [1.165, 1.54) is 22.7 Å². The number of rotatable bonds is 2. The molecule has 0 aromatic carbocycles. The van der Waals surface area contributed by atoms with Crippen LogP contribution in [0.3, 0.4) is 0 Å². The number of nitrogens with zero attached hydrogens (tertiary/aromatic N) is 2. The van der Waals surface area contributed by atoms with Crippen molar-refractivity contribution in [3.8, 4) is 0 Å². The number of carbonyl (C=O) groups excluding carboxylic acids is 1. The molecule has 2 rings (SSSR count). The molecule has 0 aliphatic carbocycles. The van der Waals surface area contributed by atoms with E-state index in [0.717, 1.165) is 0 Å². The summed E-state index contributed by atoms with van der Waals surface area (Å²) in [7, 11) is 0. The molecule has 2 atom stereocenters. The maximum atomic E-state index is 12.1. The van der Waals surface area contributed by atoms with Crippen LogP contribution in [0.1, 0.15) is 23.2 Å². The Kier molecular flexibility index (Phi) is 3.10. The monoisotopic (exact) mass is 256 g/mol. The molecule has 0 saturated carbocycles. The van der Waals surface area contributed by atoms with Crippen LogP contribution in [0.15, 0.2) is 10.6 Å². The Bertz CT molecular complexity index is 459. The summed E-state index contributed by atoms with van der Waals surface area (Å²) in [5, 5.41) is 12.5. The van der Waals surface area contributed by atoms with Crippen molar-refractivity contribution >= 4 is 23.6 Å². The van der Waals surface area contributed by atoms with Crippen molar-refractivity contribution in [3.05, 3.63) is 17.5 Å². The van der Waals surface area contributed by atoms with Gasteiger partial charge in [0, 0.05) is 11.8 Å². The maximum Gasteiger partial charge on any atom is 0.327 e. The second-order valence-electron chi connectivity index (χ2n) is 3.82. The third-order valence-corrected chi connectivity index (χ3v) is 3.81. The van der Waals surface area contributed by atoms with Gasteiger partial charge >= 0.3 is 5.97 Å². The van der Waals surface area contributed by atoms with Crippen molar-refractivity contribution in [1.29, 1.82) is 0 Å². The molecule has 17 heavy (non-hydrogen) atoms. The first-order valence-corrected chi connectivity index (χ1v) is 6.16. The average molecular weight is 256 g/mol. The number of thioether (sulfide) groups is 1. The fourth-order valence-corrected chi connectivity index (χ4v) is 2.91. The molecule has 1 aromatic heterocycles. The molecule has 92 valence electrons. The van der Waals surface area contributed by atoms with Gasteiger partial charge in [-0.1, -0.05) is 5.16 Å². The molecular weight excluding hydrogens is 244 g/mol. The minimum atomic E-state index is -0.990. The first kappa shape index (κ1) is 12.0. The van der Waals surface area contributed by atoms with Crippen LogP contribution in [-0.4, -0.2) is 44.2 Å². The highest BCUT2D eigenvalue weighted by atomic mass is 32.2. The van der Waals surface area contributed by atoms with Crippen LogP contribution in [0.2, 0.25) is 0 Å². The van der Waals surface area contributed by atoms with Gasteiger partial charge in [-0.2, -0.15) is 0 Å². The molecule has 1 saturated heterocycles. The quantitative estimate of drug-likeness (QED) is 0.848. The van der Waals surface area contributed by atoms with Crippen molar-refractivity contribution in [2.45, 2.75) is 25.3 Å². The summed E-state index contributed by atoms with van der Waals surface area (Å²) in [5.41, 5.74) is 0.156. The second-order valence-corrected chi connectivity index (χ2v) is 5.17. The molecule has 1 aromatic rings. The lowest BCUT2D eigenvalue weighted by Gasteiger charge is -2.23. The number of aromatic nitrogens is 1. The summed E-state index contributed by atoms with van der Waals surface area (Å²) < 4.78 is 4.82. The molecule has 2 heterocycles. The van der Waals surface area contributed by atoms with E-state index >= 15 is 0 Å². The average Bonchev–Trinajstić information content (AvgIpc) is 2.83. The molecule has 2 unspecified atom stereocenters. The fourth-order valence-electron chi connectivity index (χ4n) is 1.74. The molecule has 1 amide bonds. The van der Waals surface area contributed by atoms with Crippen LogP contribution in [-0.2, 0) is 4.79 Å². The molecule has 1 N–H and O–H groups in total. The topological polar surface area (TPSA) is 83.6 Å². The van der Waals surface area contributed by atoms with Crippen molar-refractivity contribution in [2.24, 2.45) is 0 Å². The van der Waals surface area contributed by atoms with Gasteiger partial charge in [0.15, 0.2) is 5.69 Å². The molecule has 1 aliphatic heterocycles. The van der Waals surface area contributed by atoms with Crippen LogP contribution in [0.4, 0.5) is 0 Å². The van der Waals surface area contributed by atoms with Gasteiger partial charge in [0.25, 0.3) is 5.91 Å². The number of carbonyl (C=O) groups is 2. The number of carboxylic acids is 1. The van der Waals surface area contributed by atoms with Gasteiger partial charge in [-0.25, -0.2) is 4.79 Å². The van der Waals surface area contributed by atoms with Crippen molar-refractivity contribution in [3.63, 3.8) is 0 Å². The van der Waals surface area contributed by atoms with E-state index in [2.05, 4.69) is 5.16 Å². The summed E-state index contributed by atoms with van der Waals surface area (Å²) in [4.78, 5) is 24.5. The molecule has 0 radical (unpaired) electrons. The normalized spacial score (nSPS) is 24.0. The van der Waals surface area contributed by atoms with Gasteiger partial charge in [-0.05, 0) is 13.8 Å². The zero-order valence-electron chi connectivity index (χ0n) is 9.41. The highest BCUT2D eigenvalue weighted by Gasteiger charge is 2.40. The molecule has 1 aliphatic rings. The largest absolute Gasteiger partial charge is 0.480 e. The van der Waals surface area contributed by atoms with Gasteiger partial charge in [-0.15, -0.1) is 11.8 Å². The van der Waals surface area contributed by atoms with Gasteiger partial charge in [0.1, 0.15) is 11.8 Å². The Balaban J connectivity index is 2.25. The van der Waals surface area contributed by atoms with Crippen LogP contribution < -0.4 is 0 Å².